The number of nitrogens with zero attached hydrogens (tertiary/aromatic N) is 3. The lowest BCUT2D eigenvalue weighted by molar-refractivity contribution is -0.183. The van der Waals surface area contributed by atoms with E-state index in [1.54, 1.807) is 0 Å². The van der Waals surface area contributed by atoms with Crippen molar-refractivity contribution >= 4 is 5.91 Å². The molecule has 1 fully saturated rings. The zero-order chi connectivity index (χ0) is 18.4. The maximum absolute atomic E-state index is 13.4. The summed E-state index contributed by atoms with van der Waals surface area (Å²) in [5, 5.41) is 5.29. The quantitative estimate of drug-likeness (QED) is 0.739. The molecule has 0 aliphatic carbocycles. The van der Waals surface area contributed by atoms with E-state index in [0.717, 1.165) is 6.33 Å². The predicted octanol–water partition coefficient (Wildman–Crippen LogP) is 0.0597. The number of rotatable bonds is 6. The molecule has 0 bridgehead atoms. The van der Waals surface area contributed by atoms with Gasteiger partial charge in [0, 0.05) is 32.7 Å². The number of hydrogen-bond acceptors (Lipinski definition) is 7. The Hall–Kier alpha value is -2.14. The summed E-state index contributed by atoms with van der Waals surface area (Å²) in [5.74, 6) is -0.941. The fourth-order valence-corrected chi connectivity index (χ4v) is 2.58. The maximum atomic E-state index is 13.4. The van der Waals surface area contributed by atoms with Crippen molar-refractivity contribution in [2.45, 2.75) is 12.2 Å². The van der Waals surface area contributed by atoms with Crippen LogP contribution in [0.25, 0.3) is 0 Å². The number of amides is 1. The van der Waals surface area contributed by atoms with E-state index in [9.17, 15) is 18.0 Å². The van der Waals surface area contributed by atoms with Crippen molar-refractivity contribution in [1.82, 2.24) is 25.5 Å². The van der Waals surface area contributed by atoms with Crippen LogP contribution in [-0.4, -0.2) is 79.9 Å². The second-order valence-corrected chi connectivity index (χ2v) is 5.32. The number of aromatic nitrogens is 2. The van der Waals surface area contributed by atoms with Crippen molar-refractivity contribution in [2.75, 3.05) is 46.9 Å². The summed E-state index contributed by atoms with van der Waals surface area (Å²) in [5.41, 5.74) is -0.145. The highest BCUT2D eigenvalue weighted by Crippen LogP contribution is 2.26. The lowest BCUT2D eigenvalue weighted by Gasteiger charge is -2.35. The van der Waals surface area contributed by atoms with E-state index < -0.39 is 24.7 Å². The third kappa shape index (κ3) is 4.69. The van der Waals surface area contributed by atoms with Crippen LogP contribution in [-0.2, 0) is 0 Å². The Balaban J connectivity index is 2.13. The van der Waals surface area contributed by atoms with Crippen LogP contribution < -0.4 is 20.1 Å². The molecule has 1 aromatic heterocycles. The number of carbonyl (C=O) groups is 1. The van der Waals surface area contributed by atoms with Crippen LogP contribution in [0, 0.1) is 0 Å². The molecule has 1 aliphatic rings. The summed E-state index contributed by atoms with van der Waals surface area (Å²) in [4.78, 5) is 21.2. The SMILES string of the molecule is COc1ncnc(OC)c1C(=O)NCC(N1CCNCC1)C(F)(F)F. The molecule has 1 aliphatic heterocycles. The first kappa shape index (κ1) is 19.2. The number of nitrogens with one attached hydrogen (secondary N) is 2. The standard InChI is InChI=1S/C14H20F3N5O3/c1-24-12-10(13(25-2)21-8-20-12)11(23)19-7-9(14(15,16)17)22-5-3-18-4-6-22/h8-9,18H,3-7H2,1-2H3,(H,19,23). The number of piperazine rings is 1. The second kappa shape index (κ2) is 8.30. The summed E-state index contributed by atoms with van der Waals surface area (Å²) in [6.07, 6.45) is -3.33. The van der Waals surface area contributed by atoms with Gasteiger partial charge in [0.2, 0.25) is 11.8 Å². The molecule has 2 heterocycles. The molecule has 0 saturated carbocycles. The summed E-state index contributed by atoms with van der Waals surface area (Å²) in [6, 6.07) is -1.78. The zero-order valence-corrected chi connectivity index (χ0v) is 13.9. The molecule has 140 valence electrons. The molecular weight excluding hydrogens is 343 g/mol. The number of carbonyl (C=O) groups excluding carboxylic acids is 1. The van der Waals surface area contributed by atoms with E-state index >= 15 is 0 Å². The minimum atomic E-state index is -4.47. The molecular formula is C14H20F3N5O3. The van der Waals surface area contributed by atoms with Gasteiger partial charge in [0.15, 0.2) is 5.56 Å². The Labute approximate surface area is 142 Å². The summed E-state index contributed by atoms with van der Waals surface area (Å²) in [6.45, 7) is 0.842. The number of methoxy groups -OCH3 is 2. The molecule has 1 aromatic rings. The van der Waals surface area contributed by atoms with Crippen LogP contribution >= 0.6 is 0 Å². The lowest BCUT2D eigenvalue weighted by atomic mass is 10.2. The Morgan fingerprint density at radius 1 is 1.28 bits per heavy atom. The van der Waals surface area contributed by atoms with Crippen LogP contribution in [0.2, 0.25) is 0 Å². The molecule has 0 aromatic carbocycles. The Bertz CT molecular complexity index is 571. The van der Waals surface area contributed by atoms with Crippen molar-refractivity contribution < 1.29 is 27.4 Å². The van der Waals surface area contributed by atoms with Gasteiger partial charge in [-0.2, -0.15) is 13.2 Å². The number of hydrogen-bond donors (Lipinski definition) is 2. The average Bonchev–Trinajstić information content (AvgIpc) is 2.60. The monoisotopic (exact) mass is 363 g/mol. The van der Waals surface area contributed by atoms with Gasteiger partial charge in [0.1, 0.15) is 12.4 Å². The Kier molecular flexibility index (Phi) is 6.37. The zero-order valence-electron chi connectivity index (χ0n) is 13.9. The van der Waals surface area contributed by atoms with Crippen LogP contribution in [0.4, 0.5) is 13.2 Å². The summed E-state index contributed by atoms with van der Waals surface area (Å²) >= 11 is 0. The molecule has 0 spiro atoms. The van der Waals surface area contributed by atoms with Crippen molar-refractivity contribution in [1.29, 1.82) is 0 Å². The van der Waals surface area contributed by atoms with Crippen molar-refractivity contribution in [2.24, 2.45) is 0 Å². The first-order valence-corrected chi connectivity index (χ1v) is 7.61. The van der Waals surface area contributed by atoms with Gasteiger partial charge in [-0.3, -0.25) is 9.69 Å². The third-order valence-electron chi connectivity index (χ3n) is 3.82. The van der Waals surface area contributed by atoms with Gasteiger partial charge in [-0.05, 0) is 0 Å². The van der Waals surface area contributed by atoms with Gasteiger partial charge in [0.05, 0.1) is 14.2 Å². The molecule has 1 amide bonds. The summed E-state index contributed by atoms with van der Waals surface area (Å²) < 4.78 is 50.0. The largest absolute Gasteiger partial charge is 0.480 e. The molecule has 2 rings (SSSR count). The topological polar surface area (TPSA) is 88.6 Å². The maximum Gasteiger partial charge on any atom is 0.405 e. The number of halogens is 3. The molecule has 11 heteroatoms. The number of alkyl halides is 3. The van der Waals surface area contributed by atoms with E-state index in [2.05, 4.69) is 20.6 Å². The molecule has 1 saturated heterocycles. The number of ether oxygens (including phenoxy) is 2. The highest BCUT2D eigenvalue weighted by atomic mass is 19.4. The van der Waals surface area contributed by atoms with Crippen molar-refractivity contribution in [3.63, 3.8) is 0 Å². The van der Waals surface area contributed by atoms with E-state index in [4.69, 9.17) is 9.47 Å². The van der Waals surface area contributed by atoms with E-state index in [1.807, 2.05) is 0 Å². The van der Waals surface area contributed by atoms with Crippen LogP contribution in [0.15, 0.2) is 6.33 Å². The molecule has 25 heavy (non-hydrogen) atoms. The minimum absolute atomic E-state index is 0.0740. The fraction of sp³-hybridized carbons (Fsp3) is 0.643. The first-order chi connectivity index (χ1) is 11.9. The normalized spacial score (nSPS) is 17.0. The van der Waals surface area contributed by atoms with Gasteiger partial charge in [-0.1, -0.05) is 0 Å². The van der Waals surface area contributed by atoms with Crippen molar-refractivity contribution in [3.05, 3.63) is 11.9 Å². The van der Waals surface area contributed by atoms with E-state index in [0.29, 0.717) is 13.1 Å². The minimum Gasteiger partial charge on any atom is -0.480 e. The van der Waals surface area contributed by atoms with Gasteiger partial charge >= 0.3 is 6.18 Å². The smallest absolute Gasteiger partial charge is 0.405 e. The van der Waals surface area contributed by atoms with Gasteiger partial charge in [-0.15, -0.1) is 0 Å². The Morgan fingerprint density at radius 2 is 1.84 bits per heavy atom. The Morgan fingerprint density at radius 3 is 2.32 bits per heavy atom. The summed E-state index contributed by atoms with van der Waals surface area (Å²) in [7, 11) is 2.58. The first-order valence-electron chi connectivity index (χ1n) is 7.61. The molecule has 1 unspecified atom stereocenters. The second-order valence-electron chi connectivity index (χ2n) is 5.32. The average molecular weight is 363 g/mol. The lowest BCUT2D eigenvalue weighted by Crippen LogP contribution is -2.57. The van der Waals surface area contributed by atoms with Crippen LogP contribution in [0.1, 0.15) is 10.4 Å². The van der Waals surface area contributed by atoms with Gasteiger partial charge in [-0.25, -0.2) is 9.97 Å². The highest BCUT2D eigenvalue weighted by molar-refractivity contribution is 5.98. The van der Waals surface area contributed by atoms with Gasteiger partial charge in [0.25, 0.3) is 5.91 Å². The molecule has 8 nitrogen and oxygen atoms in total. The van der Waals surface area contributed by atoms with Crippen molar-refractivity contribution in [3.8, 4) is 11.8 Å². The van der Waals surface area contributed by atoms with Gasteiger partial charge < -0.3 is 20.1 Å². The highest BCUT2D eigenvalue weighted by Gasteiger charge is 2.44. The third-order valence-corrected chi connectivity index (χ3v) is 3.82. The fourth-order valence-electron chi connectivity index (χ4n) is 2.58. The molecule has 0 radical (unpaired) electrons. The van der Waals surface area contributed by atoms with E-state index in [1.165, 1.54) is 19.1 Å². The van der Waals surface area contributed by atoms with Crippen LogP contribution in [0.5, 0.6) is 11.8 Å². The van der Waals surface area contributed by atoms with Crippen LogP contribution in [0.3, 0.4) is 0 Å². The van der Waals surface area contributed by atoms with E-state index in [-0.39, 0.29) is 30.4 Å². The molecule has 2 N–H and O–H groups in total. The predicted molar refractivity (Wildman–Crippen MR) is 81.8 cm³/mol. The molecule has 1 atom stereocenters.